The number of hydrogen-bond acceptors (Lipinski definition) is 19. The Bertz CT molecular complexity index is 5210. The van der Waals surface area contributed by atoms with Crippen molar-refractivity contribution in [3.8, 4) is 0 Å². The molecular formula is C107H130O19. The molecule has 1 saturated heterocycles. The van der Waals surface area contributed by atoms with Crippen molar-refractivity contribution in [2.24, 2.45) is 87.3 Å². The van der Waals surface area contributed by atoms with Gasteiger partial charge in [0.25, 0.3) is 0 Å². The number of aliphatic hydroxyl groups is 7. The van der Waals surface area contributed by atoms with Crippen LogP contribution >= 0.6 is 0 Å². The number of esters is 3. The van der Waals surface area contributed by atoms with Crippen LogP contribution in [-0.2, 0) is 68.4 Å². The molecule has 1 aliphatic heterocycles. The summed E-state index contributed by atoms with van der Waals surface area (Å²) in [5, 5.41) is 84.3. The highest BCUT2D eigenvalue weighted by molar-refractivity contribution is 6.06. The number of ether oxygens (including phenoxy) is 6. The van der Waals surface area contributed by atoms with E-state index in [0.29, 0.717) is 41.6 Å². The molecule has 0 aromatic heterocycles. The Hall–Kier alpha value is -8.96. The number of aliphatic hydroxyl groups excluding tert-OH is 1. The lowest BCUT2D eigenvalue weighted by Crippen LogP contribution is -2.62. The fraction of sp³-hybridized carbons (Fsp3) is 0.514. The van der Waals surface area contributed by atoms with Crippen LogP contribution in [0.15, 0.2) is 240 Å². The first-order valence-corrected chi connectivity index (χ1v) is 43.9. The van der Waals surface area contributed by atoms with Crippen molar-refractivity contribution in [2.75, 3.05) is 19.8 Å². The second-order valence-corrected chi connectivity index (χ2v) is 40.4. The molecule has 7 saturated carbocycles. The van der Waals surface area contributed by atoms with Crippen molar-refractivity contribution in [3.05, 3.63) is 274 Å². The molecule has 7 N–H and O–H groups in total. The smallest absolute Gasteiger partial charge is 0.303 e. The average Bonchev–Trinajstić information content (AvgIpc) is 1.47. The third-order valence-electron chi connectivity index (χ3n) is 33.1. The van der Waals surface area contributed by atoms with E-state index in [9.17, 15) is 64.5 Å². The van der Waals surface area contributed by atoms with Crippen molar-refractivity contribution in [1.29, 1.82) is 0 Å². The Kier molecular flexibility index (Phi) is 23.2. The number of hydrogen-bond donors (Lipinski definition) is 7. The third kappa shape index (κ3) is 12.9. The van der Waals surface area contributed by atoms with Gasteiger partial charge in [0, 0.05) is 110 Å². The molecule has 8 fully saturated rings. The van der Waals surface area contributed by atoms with E-state index in [1.165, 1.54) is 20.8 Å². The second kappa shape index (κ2) is 31.4. The minimum Gasteiger partial charge on any atom is -0.458 e. The molecule has 19 nitrogen and oxygen atoms in total. The molecule has 0 bridgehead atoms. The number of fused-ring (bicyclic) bond motifs is 17. The predicted molar refractivity (Wildman–Crippen MR) is 479 cm³/mol. The zero-order chi connectivity index (χ0) is 88.2. The normalized spacial score (nSPS) is 38.2. The van der Waals surface area contributed by atoms with Crippen LogP contribution in [0.25, 0.3) is 0 Å². The Balaban J connectivity index is 0.000000157. The summed E-state index contributed by atoms with van der Waals surface area (Å²) in [6.45, 7) is 27.4. The second-order valence-electron chi connectivity index (χ2n) is 40.4. The quantitative estimate of drug-likeness (QED) is 0.0156. The van der Waals surface area contributed by atoms with Crippen molar-refractivity contribution in [3.63, 3.8) is 0 Å². The third-order valence-corrected chi connectivity index (χ3v) is 33.1. The number of rotatable bonds is 16. The topological polar surface area (TPSA) is 303 Å². The highest BCUT2D eigenvalue weighted by Gasteiger charge is 2.90. The largest absolute Gasteiger partial charge is 0.458 e. The molecule has 23 atom stereocenters. The summed E-state index contributed by atoms with van der Waals surface area (Å²) in [5.41, 5.74) is -8.13. The number of epoxide rings is 1. The molecule has 6 aromatic rings. The monoisotopic (exact) mass is 1720 g/mol. The fourth-order valence-corrected chi connectivity index (χ4v) is 27.3. The standard InChI is InChI=1S/C41H44O7.C41H44O6.C22H30O6.3CH4/c1-25-21-31-38(44,34(25)43)23-37(35(48-37)32-33-36(4,5)39(33,47-27(3)42)22-26(2)40(31,32)45)24-46-41(28-15-9-6-10-16-28,29-17-11-7-12-18-29)30-19-13-8-14-20-30;1-26-21-34-38(44,36(26)43)24-29(22-33-35-37(4,5)39(35,47-28(3)42)23-27(2)40(33,34)45)25-46-41(30-15-9-6-10-16-30,31-17-11-7-12-18-31)32-19-13-8-14-20-32;1-11-6-16-20(26,18(11)25)9-14(10-23)7-15-17-19(4,5)21(17,28-13(3)24)8-12(2)22(15,16)27;;;/h6-21,26,31-33,35,44-45H,22-24H2,1-5H3;6-22,27,33-35,44-45H,23-25H2,1-5H3;6-7,12,15-17,23,26-27H,8-10H2,1-5H3;3*1H4/t26-,31-,32-,33-,35-,37-,38-,39+,40+;27-,33+,34-,35-,38-,39+,40-;12-,15+,16-,17-,20-,21+,22-;;;/m111.../s1. The van der Waals surface area contributed by atoms with Gasteiger partial charge in [0.05, 0.1) is 42.7 Å². The molecule has 0 radical (unpaired) electrons. The van der Waals surface area contributed by atoms with E-state index in [2.05, 4.69) is 100 Å². The molecule has 0 amide bonds. The fourth-order valence-electron chi connectivity index (χ4n) is 27.3. The lowest BCUT2D eigenvalue weighted by atomic mass is 9.59. The van der Waals surface area contributed by atoms with Crippen LogP contribution in [0.3, 0.4) is 0 Å². The van der Waals surface area contributed by atoms with Gasteiger partial charge < -0.3 is 64.2 Å². The Morgan fingerprint density at radius 1 is 0.405 bits per heavy atom. The summed E-state index contributed by atoms with van der Waals surface area (Å²) in [7, 11) is 0. The highest BCUT2D eigenvalue weighted by atomic mass is 16.6. The molecule has 126 heavy (non-hydrogen) atoms. The molecule has 1 heterocycles. The van der Waals surface area contributed by atoms with E-state index in [4.69, 9.17) is 28.4 Å². The van der Waals surface area contributed by atoms with Crippen LogP contribution in [0.1, 0.15) is 198 Å². The van der Waals surface area contributed by atoms with Gasteiger partial charge in [-0.25, -0.2) is 0 Å². The van der Waals surface area contributed by atoms with Crippen molar-refractivity contribution in [1.82, 2.24) is 0 Å². The summed E-state index contributed by atoms with van der Waals surface area (Å²) in [6, 6.07) is 60.4. The number of benzene rings is 6. The first-order chi connectivity index (χ1) is 58.0. The van der Waals surface area contributed by atoms with Crippen LogP contribution in [0.5, 0.6) is 0 Å². The van der Waals surface area contributed by atoms with Gasteiger partial charge in [-0.1, -0.05) is 297 Å². The van der Waals surface area contributed by atoms with Crippen LogP contribution in [0.2, 0.25) is 0 Å². The average molecular weight is 1720 g/mol. The number of ketones is 3. The summed E-state index contributed by atoms with van der Waals surface area (Å²) in [5.74, 6) is -7.74. The molecule has 6 aromatic carbocycles. The SMILES string of the molecule is C.C.C.CC(=O)O[C@@]12C[C@@H](C)[C@@]3(O)[C@@H](C=C(CO)C[C@]4(O)C(=O)C(C)=C[C@@H]34)[C@@H]1C2(C)C.CC(=O)O[C@@]12C[C@@H](C)[C@@]3(O)[C@@H](C=C(COC(c4ccccc4)(c4ccccc4)c4ccccc4)C[C@]4(O)C(=O)C(C)=C[C@@H]34)[C@@H]1C2(C)C.CC(=O)O[C@@]12C[C@@H](C)[C@@]3(O)[C@@H]([C@H]4O[C@@]4(COC(c4ccccc4)(c4ccccc4)c4ccccc4)C[C@]4(O)C(=O)C(C)=C[C@@H]34)[C@@H]1C2(C)C. The van der Waals surface area contributed by atoms with Gasteiger partial charge in [-0.15, -0.1) is 0 Å². The number of carbonyl (C=O) groups is 6. The predicted octanol–water partition coefficient (Wildman–Crippen LogP) is 15.7. The zero-order valence-electron chi connectivity index (χ0n) is 73.1. The highest BCUT2D eigenvalue weighted by Crippen LogP contribution is 2.82. The maximum Gasteiger partial charge on any atom is 0.303 e. The van der Waals surface area contributed by atoms with Crippen molar-refractivity contribution < 1.29 is 92.9 Å². The molecular weight excluding hydrogens is 1590 g/mol. The molecule has 13 aliphatic rings. The lowest BCUT2D eigenvalue weighted by molar-refractivity contribution is -0.199. The van der Waals surface area contributed by atoms with E-state index in [1.807, 2.05) is 156 Å². The van der Waals surface area contributed by atoms with Gasteiger partial charge in [0.2, 0.25) is 0 Å². The minimum atomic E-state index is -1.88. The Morgan fingerprint density at radius 3 is 1.02 bits per heavy atom. The molecule has 19 heteroatoms. The van der Waals surface area contributed by atoms with Crippen molar-refractivity contribution >= 4 is 35.3 Å². The summed E-state index contributed by atoms with van der Waals surface area (Å²) in [6.07, 6.45) is 9.95. The molecule has 0 spiro atoms. The number of carbonyl (C=O) groups excluding carboxylic acids is 6. The van der Waals surface area contributed by atoms with Gasteiger partial charge >= 0.3 is 17.9 Å². The first kappa shape index (κ1) is 93.2. The van der Waals surface area contributed by atoms with Crippen LogP contribution in [0, 0.1) is 87.3 Å². The summed E-state index contributed by atoms with van der Waals surface area (Å²) in [4.78, 5) is 77.4. The van der Waals surface area contributed by atoms with E-state index < -0.39 is 126 Å². The molecule has 12 aliphatic carbocycles. The van der Waals surface area contributed by atoms with E-state index in [-0.39, 0.29) is 132 Å². The van der Waals surface area contributed by atoms with Gasteiger partial charge in [0.1, 0.15) is 50.4 Å². The summed E-state index contributed by atoms with van der Waals surface area (Å²) >= 11 is 0. The van der Waals surface area contributed by atoms with E-state index in [1.54, 1.807) is 39.0 Å². The Labute approximate surface area is 742 Å². The van der Waals surface area contributed by atoms with Crippen molar-refractivity contribution in [2.45, 2.75) is 238 Å². The van der Waals surface area contributed by atoms with E-state index in [0.717, 1.165) is 39.0 Å². The Morgan fingerprint density at radius 2 is 0.690 bits per heavy atom. The van der Waals surface area contributed by atoms with Crippen LogP contribution < -0.4 is 0 Å². The summed E-state index contributed by atoms with van der Waals surface area (Å²) < 4.78 is 39.4. The minimum absolute atomic E-state index is 0. The van der Waals surface area contributed by atoms with Gasteiger partial charge in [-0.2, -0.15) is 0 Å². The van der Waals surface area contributed by atoms with Crippen LogP contribution in [0.4, 0.5) is 0 Å². The molecule has 19 rings (SSSR count). The van der Waals surface area contributed by atoms with Gasteiger partial charge in [-0.05, 0) is 119 Å². The van der Waals surface area contributed by atoms with Gasteiger partial charge in [-0.3, -0.25) is 28.8 Å². The molecule has 672 valence electrons. The number of Topliss-reactive ketones (excluding diaryl/α,β-unsaturated/α-hetero) is 3. The zero-order valence-corrected chi connectivity index (χ0v) is 73.1. The lowest BCUT2D eigenvalue weighted by Gasteiger charge is -2.51. The maximum atomic E-state index is 13.9. The first-order valence-electron chi connectivity index (χ1n) is 43.9. The van der Waals surface area contributed by atoms with Crippen LogP contribution in [-0.4, -0.2) is 153 Å². The van der Waals surface area contributed by atoms with Gasteiger partial charge in [0.15, 0.2) is 17.3 Å². The van der Waals surface area contributed by atoms with E-state index >= 15 is 0 Å². The molecule has 0 unspecified atom stereocenters. The maximum absolute atomic E-state index is 13.9.